The van der Waals surface area contributed by atoms with Crippen LogP contribution in [0, 0.1) is 0 Å². The van der Waals surface area contributed by atoms with Gasteiger partial charge in [0, 0.05) is 23.2 Å². The Kier molecular flexibility index (Phi) is 6.51. The van der Waals surface area contributed by atoms with Gasteiger partial charge in [-0.15, -0.1) is 11.8 Å². The maximum absolute atomic E-state index is 13.2. The Morgan fingerprint density at radius 3 is 2.73 bits per heavy atom. The van der Waals surface area contributed by atoms with Gasteiger partial charge in [0.25, 0.3) is 5.56 Å². The van der Waals surface area contributed by atoms with Crippen molar-refractivity contribution in [2.45, 2.75) is 35.2 Å². The van der Waals surface area contributed by atoms with Crippen LogP contribution in [0.2, 0.25) is 5.02 Å². The Morgan fingerprint density at radius 2 is 1.97 bits per heavy atom. The molecule has 1 aromatic heterocycles. The lowest BCUT2D eigenvalue weighted by Crippen LogP contribution is -2.27. The molecule has 154 valence electrons. The Morgan fingerprint density at radius 1 is 1.23 bits per heavy atom. The number of carbonyl (C=O) groups excluding carboxylic acids is 1. The molecule has 0 saturated carbocycles. The molecule has 1 unspecified atom stereocenters. The lowest BCUT2D eigenvalue weighted by molar-refractivity contribution is -0.118. The van der Waals surface area contributed by atoms with E-state index < -0.39 is 0 Å². The summed E-state index contributed by atoms with van der Waals surface area (Å²) in [4.78, 5) is 31.1. The summed E-state index contributed by atoms with van der Waals surface area (Å²) in [7, 11) is 0. The molecule has 0 aliphatic carbocycles. The van der Waals surface area contributed by atoms with E-state index in [1.165, 1.54) is 11.8 Å². The number of carbonyl (C=O) groups is 1. The fourth-order valence-corrected chi connectivity index (χ4v) is 5.38. The lowest BCUT2D eigenvalue weighted by Gasteiger charge is -2.13. The third-order valence-electron chi connectivity index (χ3n) is 4.66. The van der Waals surface area contributed by atoms with Crippen LogP contribution in [-0.4, -0.2) is 26.5 Å². The molecule has 4 rings (SSSR count). The largest absolute Gasteiger partial charge is 0.351 e. The highest BCUT2D eigenvalue weighted by atomic mass is 35.5. The van der Waals surface area contributed by atoms with E-state index in [-0.39, 0.29) is 17.2 Å². The third-order valence-corrected chi connectivity index (χ3v) is 7.18. The van der Waals surface area contributed by atoms with Gasteiger partial charge in [-0.2, -0.15) is 0 Å². The summed E-state index contributed by atoms with van der Waals surface area (Å²) in [5.74, 6) is 0.0163. The second-order valence-corrected chi connectivity index (χ2v) is 9.73. The molecule has 1 amide bonds. The summed E-state index contributed by atoms with van der Waals surface area (Å²) >= 11 is 8.98. The number of thioether (sulfide) groups is 2. The Labute approximate surface area is 188 Å². The highest BCUT2D eigenvalue weighted by molar-refractivity contribution is 8.00. The van der Waals surface area contributed by atoms with E-state index in [0.717, 1.165) is 23.4 Å². The number of amides is 1. The van der Waals surface area contributed by atoms with Crippen LogP contribution in [0.15, 0.2) is 69.4 Å². The minimum Gasteiger partial charge on any atom is -0.351 e. The van der Waals surface area contributed by atoms with Gasteiger partial charge in [-0.1, -0.05) is 66.7 Å². The van der Waals surface area contributed by atoms with Gasteiger partial charge < -0.3 is 5.32 Å². The van der Waals surface area contributed by atoms with Crippen LogP contribution in [0.4, 0.5) is 0 Å². The van der Waals surface area contributed by atoms with Crippen molar-refractivity contribution in [2.75, 3.05) is 5.75 Å². The molecular weight excluding hydrogens is 438 g/mol. The minimum atomic E-state index is -0.142. The van der Waals surface area contributed by atoms with Crippen molar-refractivity contribution in [1.82, 2.24) is 14.9 Å². The maximum atomic E-state index is 13.2. The van der Waals surface area contributed by atoms with Crippen LogP contribution in [0.25, 0.3) is 5.69 Å². The molecule has 5 nitrogen and oxygen atoms in total. The molecule has 30 heavy (non-hydrogen) atoms. The van der Waals surface area contributed by atoms with Crippen LogP contribution in [0.5, 0.6) is 0 Å². The number of aromatic nitrogens is 2. The van der Waals surface area contributed by atoms with Crippen molar-refractivity contribution in [3.05, 3.63) is 81.2 Å². The first kappa shape index (κ1) is 21.0. The molecule has 0 spiro atoms. The standard InChI is InChI=1S/C22H20ClN3O2S2/c1-14-11-18-20(30-14)21(28)26(16-8-3-2-4-9-16)22(25-18)29-13-19(27)24-12-15-7-5-6-10-17(15)23/h2-10,14H,11-13H2,1H3,(H,24,27). The van der Waals surface area contributed by atoms with Crippen molar-refractivity contribution in [1.29, 1.82) is 0 Å². The van der Waals surface area contributed by atoms with Crippen LogP contribution in [-0.2, 0) is 17.8 Å². The number of halogens is 1. The summed E-state index contributed by atoms with van der Waals surface area (Å²) in [5, 5.41) is 4.36. The van der Waals surface area contributed by atoms with Gasteiger partial charge >= 0.3 is 0 Å². The van der Waals surface area contributed by atoms with Gasteiger partial charge in [-0.05, 0) is 23.8 Å². The zero-order valence-corrected chi connectivity index (χ0v) is 18.7. The molecule has 8 heteroatoms. The van der Waals surface area contributed by atoms with Crippen LogP contribution >= 0.6 is 35.1 Å². The lowest BCUT2D eigenvalue weighted by atomic mass is 10.2. The molecule has 0 radical (unpaired) electrons. The quantitative estimate of drug-likeness (QED) is 0.441. The van der Waals surface area contributed by atoms with Crippen LogP contribution in [0.3, 0.4) is 0 Å². The number of nitrogens with one attached hydrogen (secondary N) is 1. The Bertz CT molecular complexity index is 1130. The van der Waals surface area contributed by atoms with Gasteiger partial charge in [0.05, 0.1) is 22.0 Å². The summed E-state index contributed by atoms with van der Waals surface area (Å²) in [6.07, 6.45) is 0.761. The van der Waals surface area contributed by atoms with Crippen molar-refractivity contribution in [2.24, 2.45) is 0 Å². The molecule has 2 heterocycles. The molecule has 1 aliphatic heterocycles. The summed E-state index contributed by atoms with van der Waals surface area (Å²) in [6.45, 7) is 2.45. The number of rotatable bonds is 6. The average molecular weight is 458 g/mol. The molecule has 0 saturated heterocycles. The third kappa shape index (κ3) is 4.58. The number of nitrogens with zero attached hydrogens (tertiary/aromatic N) is 2. The van der Waals surface area contributed by atoms with Gasteiger partial charge in [0.15, 0.2) is 5.16 Å². The van der Waals surface area contributed by atoms with Crippen molar-refractivity contribution in [3.63, 3.8) is 0 Å². The number of benzene rings is 2. The Hall–Kier alpha value is -2.22. The van der Waals surface area contributed by atoms with E-state index in [1.807, 2.05) is 48.5 Å². The summed E-state index contributed by atoms with van der Waals surface area (Å²) in [5.41, 5.74) is 2.36. The average Bonchev–Trinajstić information content (AvgIpc) is 3.13. The molecule has 0 bridgehead atoms. The van der Waals surface area contributed by atoms with Crippen molar-refractivity contribution >= 4 is 41.0 Å². The first-order valence-electron chi connectivity index (χ1n) is 9.54. The zero-order chi connectivity index (χ0) is 21.1. The zero-order valence-electron chi connectivity index (χ0n) is 16.3. The minimum absolute atomic E-state index is 0.0699. The topological polar surface area (TPSA) is 64.0 Å². The van der Waals surface area contributed by atoms with E-state index in [0.29, 0.717) is 26.9 Å². The second kappa shape index (κ2) is 9.29. The molecule has 1 aliphatic rings. The Balaban J connectivity index is 1.54. The first-order valence-corrected chi connectivity index (χ1v) is 11.8. The second-order valence-electron chi connectivity index (χ2n) is 6.94. The highest BCUT2D eigenvalue weighted by Gasteiger charge is 2.27. The SMILES string of the molecule is CC1Cc2nc(SCC(=O)NCc3ccccc3Cl)n(-c3ccccc3)c(=O)c2S1. The van der Waals surface area contributed by atoms with Gasteiger partial charge in [-0.25, -0.2) is 4.98 Å². The number of fused-ring (bicyclic) bond motifs is 1. The van der Waals surface area contributed by atoms with E-state index in [2.05, 4.69) is 12.2 Å². The number of para-hydroxylation sites is 1. The van der Waals surface area contributed by atoms with Crippen LogP contribution < -0.4 is 10.9 Å². The number of hydrogen-bond acceptors (Lipinski definition) is 5. The molecule has 1 N–H and O–H groups in total. The fourth-order valence-electron chi connectivity index (χ4n) is 3.22. The first-order chi connectivity index (χ1) is 14.5. The van der Waals surface area contributed by atoms with Crippen molar-refractivity contribution in [3.8, 4) is 5.69 Å². The van der Waals surface area contributed by atoms with Crippen molar-refractivity contribution < 1.29 is 4.79 Å². The van der Waals surface area contributed by atoms with Crippen LogP contribution in [0.1, 0.15) is 18.2 Å². The maximum Gasteiger partial charge on any atom is 0.272 e. The van der Waals surface area contributed by atoms with E-state index in [4.69, 9.17) is 16.6 Å². The van der Waals surface area contributed by atoms with Gasteiger partial charge in [-0.3, -0.25) is 14.2 Å². The monoisotopic (exact) mass is 457 g/mol. The fraction of sp³-hybridized carbons (Fsp3) is 0.227. The molecule has 2 aromatic carbocycles. The normalized spacial score (nSPS) is 15.1. The van der Waals surface area contributed by atoms with E-state index in [1.54, 1.807) is 22.4 Å². The molecular formula is C22H20ClN3O2S2. The van der Waals surface area contributed by atoms with Gasteiger partial charge in [0.2, 0.25) is 5.91 Å². The highest BCUT2D eigenvalue weighted by Crippen LogP contribution is 2.34. The number of hydrogen-bond donors (Lipinski definition) is 1. The summed E-state index contributed by atoms with van der Waals surface area (Å²) < 4.78 is 1.61. The molecule has 3 aromatic rings. The van der Waals surface area contributed by atoms with E-state index in [9.17, 15) is 9.59 Å². The van der Waals surface area contributed by atoms with E-state index >= 15 is 0 Å². The molecule has 1 atom stereocenters. The summed E-state index contributed by atoms with van der Waals surface area (Å²) in [6, 6.07) is 16.8. The smallest absolute Gasteiger partial charge is 0.272 e. The predicted molar refractivity (Wildman–Crippen MR) is 123 cm³/mol. The van der Waals surface area contributed by atoms with Gasteiger partial charge in [0.1, 0.15) is 0 Å². The molecule has 0 fully saturated rings. The predicted octanol–water partition coefficient (Wildman–Crippen LogP) is 4.33.